The van der Waals surface area contributed by atoms with Crippen molar-refractivity contribution in [1.29, 1.82) is 0 Å². The van der Waals surface area contributed by atoms with Crippen molar-refractivity contribution < 1.29 is 80.2 Å². The van der Waals surface area contributed by atoms with Gasteiger partial charge in [0.2, 0.25) is 0 Å². The fourth-order valence-electron chi connectivity index (χ4n) is 13.1. The summed E-state index contributed by atoms with van der Waals surface area (Å²) in [6, 6.07) is 0. The van der Waals surface area contributed by atoms with Gasteiger partial charge in [-0.15, -0.1) is 0 Å². The molecule has 3 N–H and O–H groups in total. The van der Waals surface area contributed by atoms with Crippen molar-refractivity contribution in [2.45, 2.75) is 464 Å². The first kappa shape index (κ1) is 101. The van der Waals surface area contributed by atoms with Crippen molar-refractivity contribution in [3.63, 3.8) is 0 Å². The van der Waals surface area contributed by atoms with Crippen LogP contribution < -0.4 is 0 Å². The molecule has 0 aromatic heterocycles. The number of aliphatic hydroxyl groups excluding tert-OH is 1. The van der Waals surface area contributed by atoms with E-state index < -0.39 is 97.5 Å². The highest BCUT2D eigenvalue weighted by Crippen LogP contribution is 2.45. The van der Waals surface area contributed by atoms with E-state index in [0.717, 1.165) is 102 Å². The van der Waals surface area contributed by atoms with Crippen molar-refractivity contribution in [3.05, 3.63) is 0 Å². The standard InChI is InChI=1S/C84H164O17P2/c1-7-9-11-13-15-17-19-21-23-25-27-29-31-33-35-37-39-41-43-48-56-62-68-83(88)100-79(72-94-81(86)66-60-54-47-42-40-38-36-34-32-30-28-26-24-22-20-18-16-14-12-10-8-2)74-98-102(90,91)96-70-78(85)71-97-103(92,93)99-75-80(73-95-82(87)67-61-55-51-50-53-59-65-77(5)6)101-84(89)69-63-57-49-45-44-46-52-58-64-76(3)4/h76-80,85H,7-75H2,1-6H3,(H,90,91)(H,92,93)/t78-,79-,80-/m1/s1. The van der Waals surface area contributed by atoms with Crippen LogP contribution in [0.4, 0.5) is 0 Å². The van der Waals surface area contributed by atoms with Crippen molar-refractivity contribution >= 4 is 39.5 Å². The molecule has 0 aliphatic rings. The molecule has 0 heterocycles. The molecule has 0 bridgehead atoms. The highest BCUT2D eigenvalue weighted by atomic mass is 31.2. The minimum Gasteiger partial charge on any atom is -0.462 e. The predicted octanol–water partition coefficient (Wildman–Crippen LogP) is 25.5. The van der Waals surface area contributed by atoms with E-state index in [2.05, 4.69) is 41.5 Å². The Hall–Kier alpha value is -1.94. The highest BCUT2D eigenvalue weighted by Gasteiger charge is 2.30. The molecule has 17 nitrogen and oxygen atoms in total. The van der Waals surface area contributed by atoms with Gasteiger partial charge in [0.05, 0.1) is 26.4 Å². The molecule has 2 unspecified atom stereocenters. The first-order valence-corrected chi connectivity index (χ1v) is 46.5. The molecule has 0 aliphatic carbocycles. The van der Waals surface area contributed by atoms with Gasteiger partial charge in [0.25, 0.3) is 0 Å². The topological polar surface area (TPSA) is 237 Å². The van der Waals surface area contributed by atoms with Gasteiger partial charge < -0.3 is 33.8 Å². The van der Waals surface area contributed by atoms with Crippen LogP contribution >= 0.6 is 15.6 Å². The average Bonchev–Trinajstić information content (AvgIpc) is 0.914. The van der Waals surface area contributed by atoms with Gasteiger partial charge in [0, 0.05) is 25.7 Å². The van der Waals surface area contributed by atoms with Crippen LogP contribution in [-0.2, 0) is 65.4 Å². The third-order valence-electron chi connectivity index (χ3n) is 19.7. The number of carbonyl (C=O) groups is 4. The molecule has 5 atom stereocenters. The van der Waals surface area contributed by atoms with Crippen LogP contribution in [0, 0.1) is 11.8 Å². The summed E-state index contributed by atoms with van der Waals surface area (Å²) in [6.45, 7) is 9.51. The van der Waals surface area contributed by atoms with E-state index in [1.165, 1.54) is 257 Å². The fraction of sp³-hybridized carbons (Fsp3) is 0.952. The molecule has 0 saturated heterocycles. The summed E-state index contributed by atoms with van der Waals surface area (Å²) in [5, 5.41) is 10.6. The summed E-state index contributed by atoms with van der Waals surface area (Å²) in [6.07, 6.45) is 67.2. The largest absolute Gasteiger partial charge is 0.472 e. The first-order valence-electron chi connectivity index (χ1n) is 43.5. The van der Waals surface area contributed by atoms with Crippen LogP contribution in [0.3, 0.4) is 0 Å². The Morgan fingerprint density at radius 2 is 0.447 bits per heavy atom. The SMILES string of the molecule is CCCCCCCCCCCCCCCCCCCCCCCCC(=O)O[C@H](COC(=O)CCCCCCCCCCCCCCCCCCCCCCC)COP(=O)(O)OC[C@@H](O)COP(=O)(O)OC[C@@H](COC(=O)CCCCCCCCC(C)C)OC(=O)CCCCCCCCCCC(C)C. The lowest BCUT2D eigenvalue weighted by Gasteiger charge is -2.21. The number of unbranched alkanes of at least 4 members (excludes halogenated alkanes) is 53. The third kappa shape index (κ3) is 78.0. The van der Waals surface area contributed by atoms with Crippen molar-refractivity contribution in [3.8, 4) is 0 Å². The Kier molecular flexibility index (Phi) is 74.1. The van der Waals surface area contributed by atoms with E-state index >= 15 is 0 Å². The van der Waals surface area contributed by atoms with Crippen molar-refractivity contribution in [1.82, 2.24) is 0 Å². The van der Waals surface area contributed by atoms with Crippen molar-refractivity contribution in [2.75, 3.05) is 39.6 Å². The second kappa shape index (κ2) is 75.5. The monoisotopic (exact) mass is 1510 g/mol. The maximum atomic E-state index is 13.1. The van der Waals surface area contributed by atoms with E-state index in [9.17, 15) is 43.2 Å². The summed E-state index contributed by atoms with van der Waals surface area (Å²) in [4.78, 5) is 73.0. The number of hydrogen-bond donors (Lipinski definition) is 3. The Morgan fingerprint density at radius 1 is 0.262 bits per heavy atom. The second-order valence-electron chi connectivity index (χ2n) is 31.2. The van der Waals surface area contributed by atoms with Gasteiger partial charge in [-0.2, -0.15) is 0 Å². The van der Waals surface area contributed by atoms with E-state index in [1.807, 2.05) is 0 Å². The molecule has 0 saturated carbocycles. The number of hydrogen-bond acceptors (Lipinski definition) is 15. The lowest BCUT2D eigenvalue weighted by molar-refractivity contribution is -0.161. The number of phosphoric acid groups is 2. The molecule has 0 amide bonds. The van der Waals surface area contributed by atoms with Gasteiger partial charge in [0.1, 0.15) is 19.3 Å². The summed E-state index contributed by atoms with van der Waals surface area (Å²) >= 11 is 0. The van der Waals surface area contributed by atoms with Crippen LogP contribution in [0.25, 0.3) is 0 Å². The average molecular weight is 1510 g/mol. The van der Waals surface area contributed by atoms with Crippen molar-refractivity contribution in [2.24, 2.45) is 11.8 Å². The summed E-state index contributed by atoms with van der Waals surface area (Å²) in [7, 11) is -9.92. The summed E-state index contributed by atoms with van der Waals surface area (Å²) in [5.74, 6) is -0.715. The zero-order chi connectivity index (χ0) is 75.6. The lowest BCUT2D eigenvalue weighted by atomic mass is 10.0. The molecular weight excluding hydrogens is 1340 g/mol. The third-order valence-corrected chi connectivity index (χ3v) is 21.6. The van der Waals surface area contributed by atoms with Crippen LogP contribution in [0.2, 0.25) is 0 Å². The Labute approximate surface area is 632 Å². The molecule has 612 valence electrons. The zero-order valence-electron chi connectivity index (χ0n) is 67.6. The molecule has 19 heteroatoms. The number of ether oxygens (including phenoxy) is 4. The number of rotatable bonds is 83. The minimum atomic E-state index is -4.96. The second-order valence-corrected chi connectivity index (χ2v) is 34.1. The van der Waals surface area contributed by atoms with Gasteiger partial charge >= 0.3 is 39.5 Å². The quantitative estimate of drug-likeness (QED) is 0.0222. The molecule has 0 spiro atoms. The van der Waals surface area contributed by atoms with Gasteiger partial charge in [0.15, 0.2) is 12.2 Å². The molecule has 103 heavy (non-hydrogen) atoms. The zero-order valence-corrected chi connectivity index (χ0v) is 69.4. The van der Waals surface area contributed by atoms with Crippen LogP contribution in [0.5, 0.6) is 0 Å². The molecule has 0 radical (unpaired) electrons. The molecule has 0 aromatic carbocycles. The maximum Gasteiger partial charge on any atom is 0.472 e. The smallest absolute Gasteiger partial charge is 0.462 e. The van der Waals surface area contributed by atoms with Gasteiger partial charge in [-0.1, -0.05) is 395 Å². The molecule has 0 aromatic rings. The van der Waals surface area contributed by atoms with Gasteiger partial charge in [-0.05, 0) is 37.5 Å². The summed E-state index contributed by atoms with van der Waals surface area (Å²) < 4.78 is 68.7. The molecule has 0 rings (SSSR count). The number of esters is 4. The fourth-order valence-corrected chi connectivity index (χ4v) is 14.6. The predicted molar refractivity (Wildman–Crippen MR) is 423 cm³/mol. The van der Waals surface area contributed by atoms with Gasteiger partial charge in [-0.3, -0.25) is 37.3 Å². The lowest BCUT2D eigenvalue weighted by Crippen LogP contribution is -2.30. The molecule has 0 fully saturated rings. The van der Waals surface area contributed by atoms with Gasteiger partial charge in [-0.25, -0.2) is 9.13 Å². The van der Waals surface area contributed by atoms with Crippen LogP contribution in [-0.4, -0.2) is 96.7 Å². The number of carbonyl (C=O) groups excluding carboxylic acids is 4. The summed E-state index contributed by atoms with van der Waals surface area (Å²) in [5.41, 5.74) is 0. The highest BCUT2D eigenvalue weighted by molar-refractivity contribution is 7.47. The Bertz CT molecular complexity index is 1980. The van der Waals surface area contributed by atoms with Crippen LogP contribution in [0.1, 0.15) is 446 Å². The normalized spacial score (nSPS) is 13.9. The maximum absolute atomic E-state index is 13.1. The number of phosphoric ester groups is 2. The molecule has 0 aliphatic heterocycles. The van der Waals surface area contributed by atoms with E-state index in [4.69, 9.17) is 37.0 Å². The van der Waals surface area contributed by atoms with E-state index in [0.29, 0.717) is 31.6 Å². The molecular formula is C84H164O17P2. The number of aliphatic hydroxyl groups is 1. The Balaban J connectivity index is 5.16. The first-order chi connectivity index (χ1) is 49.9. The van der Waals surface area contributed by atoms with Crippen LogP contribution in [0.15, 0.2) is 0 Å². The minimum absolute atomic E-state index is 0.104. The van der Waals surface area contributed by atoms with E-state index in [1.54, 1.807) is 0 Å². The van der Waals surface area contributed by atoms with E-state index in [-0.39, 0.29) is 25.7 Å². The Morgan fingerprint density at radius 3 is 0.660 bits per heavy atom.